The van der Waals surface area contributed by atoms with Crippen LogP contribution in [0, 0.1) is 5.92 Å². The Morgan fingerprint density at radius 3 is 2.25 bits per heavy atom. The lowest BCUT2D eigenvalue weighted by Gasteiger charge is -2.27. The zero-order valence-corrected chi connectivity index (χ0v) is 12.0. The van der Waals surface area contributed by atoms with Crippen LogP contribution in [-0.4, -0.2) is 17.8 Å². The van der Waals surface area contributed by atoms with Crippen LogP contribution >= 0.6 is 0 Å². The second-order valence-electron chi connectivity index (χ2n) is 5.34. The van der Waals surface area contributed by atoms with Gasteiger partial charge in [0.2, 0.25) is 0 Å². The average molecular weight is 289 g/mol. The van der Waals surface area contributed by atoms with Crippen LogP contribution in [0.4, 0.5) is 13.2 Å². The maximum Gasteiger partial charge on any atom is 0.416 e. The van der Waals surface area contributed by atoms with E-state index in [2.05, 4.69) is 5.32 Å². The fraction of sp³-hybridized carbons (Fsp3) is 0.600. The monoisotopic (exact) mass is 289 g/mol. The minimum atomic E-state index is -4.35. The van der Waals surface area contributed by atoms with Gasteiger partial charge in [-0.25, -0.2) is 0 Å². The molecule has 0 spiro atoms. The normalized spacial score (nSPS) is 15.4. The first-order chi connectivity index (χ1) is 9.27. The Labute approximate surface area is 118 Å². The van der Waals surface area contributed by atoms with E-state index in [1.54, 1.807) is 13.0 Å². The van der Waals surface area contributed by atoms with Crippen molar-refractivity contribution in [2.45, 2.75) is 45.5 Å². The van der Waals surface area contributed by atoms with Gasteiger partial charge in [0.25, 0.3) is 0 Å². The Hall–Kier alpha value is -1.07. The van der Waals surface area contributed by atoms with E-state index < -0.39 is 17.8 Å². The predicted octanol–water partition coefficient (Wildman–Crippen LogP) is 3.76. The molecule has 0 saturated heterocycles. The van der Waals surface area contributed by atoms with Crippen molar-refractivity contribution < 1.29 is 18.3 Å². The molecule has 2 nitrogen and oxygen atoms in total. The molecule has 2 unspecified atom stereocenters. The lowest BCUT2D eigenvalue weighted by molar-refractivity contribution is -0.138. The molecule has 0 aliphatic rings. The van der Waals surface area contributed by atoms with Crippen molar-refractivity contribution in [1.29, 1.82) is 0 Å². The first-order valence-corrected chi connectivity index (χ1v) is 6.80. The summed E-state index contributed by atoms with van der Waals surface area (Å²) in [6.07, 6.45) is -3.83. The summed E-state index contributed by atoms with van der Waals surface area (Å²) in [5.74, 6) is 0.239. The highest BCUT2D eigenvalue weighted by Gasteiger charge is 2.34. The maximum absolute atomic E-state index is 13.0. The molecule has 20 heavy (non-hydrogen) atoms. The molecule has 2 atom stereocenters. The summed E-state index contributed by atoms with van der Waals surface area (Å²) < 4.78 is 39.0. The fourth-order valence-corrected chi connectivity index (χ4v) is 2.29. The number of aliphatic hydroxyl groups is 1. The Bertz CT molecular complexity index is 418. The SMILES string of the molecule is CC(NC(CCO)C(C)C)c1ccccc1C(F)(F)F. The van der Waals surface area contributed by atoms with E-state index in [1.807, 2.05) is 13.8 Å². The number of aliphatic hydroxyl groups excluding tert-OH is 1. The molecule has 0 bridgehead atoms. The van der Waals surface area contributed by atoms with E-state index in [9.17, 15) is 13.2 Å². The van der Waals surface area contributed by atoms with Gasteiger partial charge in [-0.1, -0.05) is 32.0 Å². The van der Waals surface area contributed by atoms with Crippen molar-refractivity contribution in [3.05, 3.63) is 35.4 Å². The summed E-state index contributed by atoms with van der Waals surface area (Å²) in [4.78, 5) is 0. The molecule has 0 heterocycles. The van der Waals surface area contributed by atoms with Gasteiger partial charge in [-0.3, -0.25) is 0 Å². The molecule has 114 valence electrons. The van der Waals surface area contributed by atoms with E-state index in [0.29, 0.717) is 6.42 Å². The zero-order chi connectivity index (χ0) is 15.3. The molecule has 5 heteroatoms. The van der Waals surface area contributed by atoms with Gasteiger partial charge in [-0.05, 0) is 30.9 Å². The van der Waals surface area contributed by atoms with Crippen LogP contribution in [0.1, 0.15) is 44.4 Å². The summed E-state index contributed by atoms with van der Waals surface area (Å²) in [6.45, 7) is 5.70. The highest BCUT2D eigenvalue weighted by molar-refractivity contribution is 5.32. The smallest absolute Gasteiger partial charge is 0.396 e. The molecule has 0 saturated carbocycles. The van der Waals surface area contributed by atoms with E-state index in [4.69, 9.17) is 5.11 Å². The van der Waals surface area contributed by atoms with Crippen LogP contribution < -0.4 is 5.32 Å². The van der Waals surface area contributed by atoms with Gasteiger partial charge in [0, 0.05) is 18.7 Å². The Morgan fingerprint density at radius 1 is 1.15 bits per heavy atom. The predicted molar refractivity (Wildman–Crippen MR) is 73.3 cm³/mol. The third-order valence-corrected chi connectivity index (χ3v) is 3.44. The second-order valence-corrected chi connectivity index (χ2v) is 5.34. The molecule has 0 radical (unpaired) electrons. The average Bonchev–Trinajstić information content (AvgIpc) is 2.37. The third kappa shape index (κ3) is 4.49. The second kappa shape index (κ2) is 7.09. The first-order valence-electron chi connectivity index (χ1n) is 6.80. The number of halogens is 3. The van der Waals surface area contributed by atoms with Crippen molar-refractivity contribution in [3.8, 4) is 0 Å². The van der Waals surface area contributed by atoms with Gasteiger partial charge in [-0.2, -0.15) is 13.2 Å². The number of benzene rings is 1. The van der Waals surface area contributed by atoms with E-state index in [1.165, 1.54) is 12.1 Å². The maximum atomic E-state index is 13.0. The highest BCUT2D eigenvalue weighted by Crippen LogP contribution is 2.34. The molecule has 0 aromatic heterocycles. The molecular weight excluding hydrogens is 267 g/mol. The number of hydrogen-bond acceptors (Lipinski definition) is 2. The minimum absolute atomic E-state index is 0.0173. The topological polar surface area (TPSA) is 32.3 Å². The van der Waals surface area contributed by atoms with Gasteiger partial charge in [0.15, 0.2) is 0 Å². The molecule has 2 N–H and O–H groups in total. The summed E-state index contributed by atoms with van der Waals surface area (Å²) in [7, 11) is 0. The molecule has 0 amide bonds. The number of rotatable bonds is 6. The van der Waals surface area contributed by atoms with Gasteiger partial charge >= 0.3 is 6.18 Å². The third-order valence-electron chi connectivity index (χ3n) is 3.44. The molecule has 1 rings (SSSR count). The molecule has 1 aromatic rings. The van der Waals surface area contributed by atoms with Crippen molar-refractivity contribution >= 4 is 0 Å². The van der Waals surface area contributed by atoms with Crippen LogP contribution in [0.15, 0.2) is 24.3 Å². The molecule has 0 aliphatic carbocycles. The van der Waals surface area contributed by atoms with Crippen molar-refractivity contribution in [1.82, 2.24) is 5.32 Å². The summed E-state index contributed by atoms with van der Waals surface area (Å²) in [5.41, 5.74) is -0.366. The van der Waals surface area contributed by atoms with E-state index in [-0.39, 0.29) is 24.1 Å². The van der Waals surface area contributed by atoms with Crippen molar-refractivity contribution in [2.75, 3.05) is 6.61 Å². The number of nitrogens with one attached hydrogen (secondary N) is 1. The largest absolute Gasteiger partial charge is 0.416 e. The molecular formula is C15H22F3NO. The molecule has 0 aliphatic heterocycles. The van der Waals surface area contributed by atoms with E-state index in [0.717, 1.165) is 6.07 Å². The van der Waals surface area contributed by atoms with Gasteiger partial charge in [0.05, 0.1) is 5.56 Å². The van der Waals surface area contributed by atoms with Crippen molar-refractivity contribution in [3.63, 3.8) is 0 Å². The standard InChI is InChI=1S/C15H22F3NO/c1-10(2)14(8-9-20)19-11(3)12-6-4-5-7-13(12)15(16,17)18/h4-7,10-11,14,19-20H,8-9H2,1-3H3. The van der Waals surface area contributed by atoms with Crippen LogP contribution in [0.3, 0.4) is 0 Å². The van der Waals surface area contributed by atoms with Gasteiger partial charge in [-0.15, -0.1) is 0 Å². The van der Waals surface area contributed by atoms with Gasteiger partial charge < -0.3 is 10.4 Å². The van der Waals surface area contributed by atoms with Crippen LogP contribution in [0.5, 0.6) is 0 Å². The van der Waals surface area contributed by atoms with Gasteiger partial charge in [0.1, 0.15) is 0 Å². The lowest BCUT2D eigenvalue weighted by Crippen LogP contribution is -2.37. The lowest BCUT2D eigenvalue weighted by atomic mass is 9.96. The van der Waals surface area contributed by atoms with Crippen LogP contribution in [0.2, 0.25) is 0 Å². The zero-order valence-electron chi connectivity index (χ0n) is 12.0. The summed E-state index contributed by atoms with van der Waals surface area (Å²) in [6, 6.07) is 5.16. The Morgan fingerprint density at radius 2 is 1.75 bits per heavy atom. The molecule has 0 fully saturated rings. The molecule has 1 aromatic carbocycles. The Kier molecular flexibility index (Phi) is 6.02. The van der Waals surface area contributed by atoms with Crippen LogP contribution in [-0.2, 0) is 6.18 Å². The summed E-state index contributed by atoms with van der Waals surface area (Å²) in [5, 5.41) is 12.2. The minimum Gasteiger partial charge on any atom is -0.396 e. The van der Waals surface area contributed by atoms with Crippen molar-refractivity contribution in [2.24, 2.45) is 5.92 Å². The number of alkyl halides is 3. The fourth-order valence-electron chi connectivity index (χ4n) is 2.29. The first kappa shape index (κ1) is 17.0. The van der Waals surface area contributed by atoms with Crippen LogP contribution in [0.25, 0.3) is 0 Å². The highest BCUT2D eigenvalue weighted by atomic mass is 19.4. The Balaban J connectivity index is 2.94. The number of hydrogen-bond donors (Lipinski definition) is 2. The quantitative estimate of drug-likeness (QED) is 0.835. The van der Waals surface area contributed by atoms with E-state index >= 15 is 0 Å². The summed E-state index contributed by atoms with van der Waals surface area (Å²) >= 11 is 0.